The molecule has 0 N–H and O–H groups in total. The summed E-state index contributed by atoms with van der Waals surface area (Å²) in [4.78, 5) is 33.3. The van der Waals surface area contributed by atoms with Gasteiger partial charge in [-0.2, -0.15) is 0 Å². The summed E-state index contributed by atoms with van der Waals surface area (Å²) < 4.78 is 23.5. The van der Waals surface area contributed by atoms with Crippen LogP contribution >= 0.6 is 0 Å². The number of hydrogen-bond acceptors (Lipinski definition) is 5. The Bertz CT molecular complexity index is 801. The standard InChI is InChI=1S/C19H27N3O4S/c1-2-22(16-8-12-27(25,26)14-16)19(24)17-13-15(7-9-20-17)18(23)21-10-5-3-4-6-11-21/h7,9,13,16H,2-6,8,10-12,14H2,1H3. The van der Waals surface area contributed by atoms with E-state index in [1.807, 2.05) is 11.8 Å². The Hall–Kier alpha value is -1.96. The van der Waals surface area contributed by atoms with Gasteiger partial charge in [-0.25, -0.2) is 8.42 Å². The van der Waals surface area contributed by atoms with E-state index in [1.165, 1.54) is 6.20 Å². The third-order valence-corrected chi connectivity index (χ3v) is 7.12. The molecule has 3 rings (SSSR count). The Morgan fingerprint density at radius 1 is 1.22 bits per heavy atom. The number of likely N-dealkylation sites (tertiary alicyclic amines) is 1. The third kappa shape index (κ3) is 4.66. The summed E-state index contributed by atoms with van der Waals surface area (Å²) in [5, 5.41) is 0. The molecule has 1 aromatic heterocycles. The zero-order valence-electron chi connectivity index (χ0n) is 15.8. The highest BCUT2D eigenvalue weighted by molar-refractivity contribution is 7.91. The minimum atomic E-state index is -3.08. The van der Waals surface area contributed by atoms with Crippen molar-refractivity contribution in [1.29, 1.82) is 0 Å². The molecule has 0 saturated carbocycles. The van der Waals surface area contributed by atoms with Gasteiger partial charge in [-0.15, -0.1) is 0 Å². The molecule has 0 bridgehead atoms. The van der Waals surface area contributed by atoms with E-state index in [0.29, 0.717) is 18.5 Å². The lowest BCUT2D eigenvalue weighted by molar-refractivity contribution is 0.0702. The first kappa shape index (κ1) is 19.8. The van der Waals surface area contributed by atoms with Crippen molar-refractivity contribution in [2.24, 2.45) is 0 Å². The molecule has 2 saturated heterocycles. The molecule has 2 aliphatic rings. The van der Waals surface area contributed by atoms with E-state index in [4.69, 9.17) is 0 Å². The van der Waals surface area contributed by atoms with Gasteiger partial charge in [0, 0.05) is 37.4 Å². The molecule has 3 heterocycles. The molecule has 27 heavy (non-hydrogen) atoms. The van der Waals surface area contributed by atoms with Gasteiger partial charge in [0.25, 0.3) is 11.8 Å². The molecule has 2 amide bonds. The summed E-state index contributed by atoms with van der Waals surface area (Å²) in [5.41, 5.74) is 0.659. The lowest BCUT2D eigenvalue weighted by Crippen LogP contribution is -2.41. The van der Waals surface area contributed by atoms with Crippen molar-refractivity contribution >= 4 is 21.7 Å². The number of amides is 2. The van der Waals surface area contributed by atoms with Gasteiger partial charge >= 0.3 is 0 Å². The zero-order chi connectivity index (χ0) is 19.4. The van der Waals surface area contributed by atoms with Crippen molar-refractivity contribution in [3.8, 4) is 0 Å². The number of hydrogen-bond donors (Lipinski definition) is 0. The van der Waals surface area contributed by atoms with Crippen LogP contribution in [0.1, 0.15) is 59.9 Å². The molecule has 1 unspecified atom stereocenters. The van der Waals surface area contributed by atoms with Gasteiger partial charge in [-0.3, -0.25) is 14.6 Å². The molecule has 2 fully saturated rings. The summed E-state index contributed by atoms with van der Waals surface area (Å²) in [5.74, 6) is -0.272. The Kier molecular flexibility index (Phi) is 6.14. The molecule has 8 heteroatoms. The lowest BCUT2D eigenvalue weighted by Gasteiger charge is -2.26. The van der Waals surface area contributed by atoms with E-state index in [0.717, 1.165) is 38.8 Å². The zero-order valence-corrected chi connectivity index (χ0v) is 16.6. The van der Waals surface area contributed by atoms with Crippen LogP contribution in [0, 0.1) is 0 Å². The number of aromatic nitrogens is 1. The first-order valence-electron chi connectivity index (χ1n) is 9.68. The van der Waals surface area contributed by atoms with E-state index < -0.39 is 9.84 Å². The highest BCUT2D eigenvalue weighted by Crippen LogP contribution is 2.20. The maximum absolute atomic E-state index is 12.9. The Balaban J connectivity index is 1.77. The van der Waals surface area contributed by atoms with Gasteiger partial charge in [0.1, 0.15) is 5.69 Å². The van der Waals surface area contributed by atoms with E-state index in [2.05, 4.69) is 4.98 Å². The molecular weight excluding hydrogens is 366 g/mol. The summed E-state index contributed by atoms with van der Waals surface area (Å²) in [7, 11) is -3.08. The van der Waals surface area contributed by atoms with Crippen LogP contribution in [0.2, 0.25) is 0 Å². The maximum atomic E-state index is 12.9. The monoisotopic (exact) mass is 393 g/mol. The second-order valence-electron chi connectivity index (χ2n) is 7.28. The molecule has 148 valence electrons. The predicted molar refractivity (Wildman–Crippen MR) is 102 cm³/mol. The average Bonchev–Trinajstić information content (AvgIpc) is 2.87. The molecule has 1 atom stereocenters. The molecule has 1 aromatic rings. The van der Waals surface area contributed by atoms with Crippen LogP contribution in [0.25, 0.3) is 0 Å². The van der Waals surface area contributed by atoms with Crippen LogP contribution in [0.4, 0.5) is 0 Å². The predicted octanol–water partition coefficient (Wildman–Crippen LogP) is 1.75. The minimum absolute atomic E-state index is 0.00101. The van der Waals surface area contributed by atoms with Gasteiger partial charge in [0.05, 0.1) is 11.5 Å². The first-order valence-corrected chi connectivity index (χ1v) is 11.5. The largest absolute Gasteiger partial charge is 0.339 e. The van der Waals surface area contributed by atoms with Crippen LogP contribution in [0.3, 0.4) is 0 Å². The fraction of sp³-hybridized carbons (Fsp3) is 0.632. The Morgan fingerprint density at radius 2 is 1.93 bits per heavy atom. The third-order valence-electron chi connectivity index (χ3n) is 5.37. The van der Waals surface area contributed by atoms with Crippen molar-refractivity contribution in [2.45, 2.75) is 45.1 Å². The Labute approximate surface area is 160 Å². The van der Waals surface area contributed by atoms with Crippen LogP contribution in [0.15, 0.2) is 18.3 Å². The molecule has 2 aliphatic heterocycles. The topological polar surface area (TPSA) is 87.7 Å². The number of nitrogens with zero attached hydrogens (tertiary/aromatic N) is 3. The molecule has 0 aromatic carbocycles. The quantitative estimate of drug-likeness (QED) is 0.778. The number of pyridine rings is 1. The Morgan fingerprint density at radius 3 is 2.52 bits per heavy atom. The highest BCUT2D eigenvalue weighted by Gasteiger charge is 2.34. The normalized spacial score (nSPS) is 22.3. The fourth-order valence-electron chi connectivity index (χ4n) is 3.87. The molecule has 0 radical (unpaired) electrons. The number of carbonyl (C=O) groups is 2. The van der Waals surface area contributed by atoms with Crippen LogP contribution in [-0.4, -0.2) is 72.2 Å². The fourth-order valence-corrected chi connectivity index (χ4v) is 5.60. The summed E-state index contributed by atoms with van der Waals surface area (Å²) in [6.07, 6.45) is 6.22. The minimum Gasteiger partial charge on any atom is -0.339 e. The van der Waals surface area contributed by atoms with Gasteiger partial charge in [-0.1, -0.05) is 12.8 Å². The second kappa shape index (κ2) is 8.37. The van der Waals surface area contributed by atoms with Gasteiger partial charge < -0.3 is 9.80 Å². The van der Waals surface area contributed by atoms with Crippen molar-refractivity contribution < 1.29 is 18.0 Å². The smallest absolute Gasteiger partial charge is 0.272 e. The van der Waals surface area contributed by atoms with Crippen molar-refractivity contribution in [3.05, 3.63) is 29.6 Å². The van der Waals surface area contributed by atoms with Crippen molar-refractivity contribution in [2.75, 3.05) is 31.1 Å². The molecule has 0 spiro atoms. The second-order valence-corrected chi connectivity index (χ2v) is 9.51. The van der Waals surface area contributed by atoms with Gasteiger partial charge in [0.15, 0.2) is 9.84 Å². The van der Waals surface area contributed by atoms with Crippen molar-refractivity contribution in [3.63, 3.8) is 0 Å². The van der Waals surface area contributed by atoms with Crippen molar-refractivity contribution in [1.82, 2.24) is 14.8 Å². The van der Waals surface area contributed by atoms with Crippen LogP contribution in [-0.2, 0) is 9.84 Å². The molecular formula is C19H27N3O4S. The van der Waals surface area contributed by atoms with E-state index in [-0.39, 0.29) is 35.1 Å². The summed E-state index contributed by atoms with van der Waals surface area (Å²) in [6, 6.07) is 2.86. The number of carbonyl (C=O) groups excluding carboxylic acids is 2. The number of rotatable bonds is 4. The van der Waals surface area contributed by atoms with E-state index in [9.17, 15) is 18.0 Å². The first-order chi connectivity index (χ1) is 12.9. The lowest BCUT2D eigenvalue weighted by atomic mass is 10.1. The van der Waals surface area contributed by atoms with Gasteiger partial charge in [0.2, 0.25) is 0 Å². The van der Waals surface area contributed by atoms with Crippen LogP contribution in [0.5, 0.6) is 0 Å². The van der Waals surface area contributed by atoms with E-state index >= 15 is 0 Å². The molecule has 0 aliphatic carbocycles. The highest BCUT2D eigenvalue weighted by atomic mass is 32.2. The number of sulfone groups is 1. The van der Waals surface area contributed by atoms with Crippen LogP contribution < -0.4 is 0 Å². The maximum Gasteiger partial charge on any atom is 0.272 e. The average molecular weight is 394 g/mol. The van der Waals surface area contributed by atoms with Gasteiger partial charge in [-0.05, 0) is 38.3 Å². The summed E-state index contributed by atoms with van der Waals surface area (Å²) >= 11 is 0. The van der Waals surface area contributed by atoms with E-state index in [1.54, 1.807) is 17.0 Å². The molecule has 7 nitrogen and oxygen atoms in total. The summed E-state index contributed by atoms with van der Waals surface area (Å²) in [6.45, 7) is 3.72. The SMILES string of the molecule is CCN(C(=O)c1cc(C(=O)N2CCCCCC2)ccn1)C1CCS(=O)(=O)C1.